The van der Waals surface area contributed by atoms with Crippen LogP contribution < -0.4 is 0 Å². The van der Waals surface area contributed by atoms with E-state index in [0.717, 1.165) is 0 Å². The second-order valence-corrected chi connectivity index (χ2v) is 3.92. The zero-order valence-corrected chi connectivity index (χ0v) is 10.1. The van der Waals surface area contributed by atoms with Crippen molar-refractivity contribution in [3.8, 4) is 0 Å². The Kier molecular flexibility index (Phi) is 3.71. The Morgan fingerprint density at radius 1 is 1.50 bits per heavy atom. The van der Waals surface area contributed by atoms with E-state index in [0.29, 0.717) is 0 Å². The molecule has 0 bridgehead atoms. The quantitative estimate of drug-likeness (QED) is 0.785. The van der Waals surface area contributed by atoms with E-state index < -0.39 is 17.7 Å². The maximum Gasteiger partial charge on any atom is 0.285 e. The van der Waals surface area contributed by atoms with Gasteiger partial charge in [-0.1, -0.05) is 15.9 Å². The third-order valence-electron chi connectivity index (χ3n) is 2.50. The van der Waals surface area contributed by atoms with Crippen LogP contribution in [0, 0.1) is 0 Å². The molecule has 4 nitrogen and oxygen atoms in total. The van der Waals surface area contributed by atoms with Crippen molar-refractivity contribution in [3.63, 3.8) is 0 Å². The fourth-order valence-corrected chi connectivity index (χ4v) is 2.01. The highest BCUT2D eigenvalue weighted by molar-refractivity contribution is 9.11. The number of hydrogen-bond donors (Lipinski definition) is 1. The van der Waals surface area contributed by atoms with E-state index >= 15 is 0 Å². The summed E-state index contributed by atoms with van der Waals surface area (Å²) in [6, 6.07) is 0. The highest BCUT2D eigenvalue weighted by atomic mass is 79.9. The van der Waals surface area contributed by atoms with Crippen LogP contribution in [0.5, 0.6) is 0 Å². The van der Waals surface area contributed by atoms with Gasteiger partial charge in [0, 0.05) is 14.2 Å². The van der Waals surface area contributed by atoms with Crippen LogP contribution >= 0.6 is 15.9 Å². The summed E-state index contributed by atoms with van der Waals surface area (Å²) in [5, 5.41) is 9.82. The van der Waals surface area contributed by atoms with E-state index in [1.54, 1.807) is 18.0 Å². The lowest BCUT2D eigenvalue weighted by molar-refractivity contribution is -0.358. The molecule has 1 heterocycles. The molecule has 0 unspecified atom stereocenters. The summed E-state index contributed by atoms with van der Waals surface area (Å²) in [4.78, 5) is 1.65. The van der Waals surface area contributed by atoms with Gasteiger partial charge in [-0.2, -0.15) is 0 Å². The van der Waals surface area contributed by atoms with E-state index in [1.165, 1.54) is 14.2 Å². The Morgan fingerprint density at radius 3 is 2.43 bits per heavy atom. The molecule has 2 atom stereocenters. The number of halogens is 1. The van der Waals surface area contributed by atoms with E-state index in [1.807, 2.05) is 0 Å². The first-order valence-electron chi connectivity index (χ1n) is 4.28. The Balaban J connectivity index is 2.86. The molecule has 0 spiro atoms. The van der Waals surface area contributed by atoms with Gasteiger partial charge in [0.25, 0.3) is 5.97 Å². The van der Waals surface area contributed by atoms with Gasteiger partial charge in [-0.15, -0.1) is 0 Å². The Hall–Kier alpha value is 0.0600. The van der Waals surface area contributed by atoms with Gasteiger partial charge >= 0.3 is 0 Å². The lowest BCUT2D eigenvalue weighted by Gasteiger charge is -2.28. The van der Waals surface area contributed by atoms with Crippen molar-refractivity contribution in [2.24, 2.45) is 0 Å². The third-order valence-corrected chi connectivity index (χ3v) is 2.76. The molecule has 0 saturated carbocycles. The molecule has 1 aliphatic rings. The third kappa shape index (κ3) is 2.01. The summed E-state index contributed by atoms with van der Waals surface area (Å²) in [5.74, 6) is -1.14. The van der Waals surface area contributed by atoms with Crippen molar-refractivity contribution in [3.05, 3.63) is 11.1 Å². The summed E-state index contributed by atoms with van der Waals surface area (Å²) in [6.45, 7) is 1.77. The van der Waals surface area contributed by atoms with Gasteiger partial charge < -0.3 is 19.3 Å². The normalized spacial score (nSPS) is 36.8. The van der Waals surface area contributed by atoms with E-state index in [9.17, 15) is 5.11 Å². The van der Waals surface area contributed by atoms with Crippen LogP contribution in [0.3, 0.4) is 0 Å². The number of aliphatic hydroxyl groups excluding tert-OH is 1. The minimum Gasteiger partial charge on any atom is -0.389 e. The fraction of sp³-hybridized carbons (Fsp3) is 0.778. The first-order valence-corrected chi connectivity index (χ1v) is 5.20. The highest BCUT2D eigenvalue weighted by Gasteiger charge is 2.53. The maximum atomic E-state index is 9.82. The molecular formula is C9H15BrO4. The Labute approximate surface area is 92.0 Å². The van der Waals surface area contributed by atoms with Crippen molar-refractivity contribution < 1.29 is 19.3 Å². The lowest BCUT2D eigenvalue weighted by Crippen LogP contribution is -2.37. The molecule has 0 aromatic carbocycles. The minimum absolute atomic E-state index is 0.286. The molecule has 0 aromatic rings. The summed E-state index contributed by atoms with van der Waals surface area (Å²) in [5.41, 5.74) is -0.782. The minimum atomic E-state index is -1.14. The summed E-state index contributed by atoms with van der Waals surface area (Å²) >= 11 is 3.15. The van der Waals surface area contributed by atoms with Gasteiger partial charge in [-0.3, -0.25) is 0 Å². The van der Waals surface area contributed by atoms with Gasteiger partial charge in [-0.25, -0.2) is 0 Å². The average Bonchev–Trinajstić information content (AvgIpc) is 2.41. The molecular weight excluding hydrogens is 252 g/mol. The number of aliphatic hydroxyl groups is 1. The van der Waals surface area contributed by atoms with Gasteiger partial charge in [0.05, 0.1) is 12.5 Å². The number of hydrogen-bond acceptors (Lipinski definition) is 4. The molecule has 0 amide bonds. The molecule has 1 aliphatic heterocycles. The summed E-state index contributed by atoms with van der Waals surface area (Å²) < 4.78 is 15.8. The first kappa shape index (κ1) is 12.1. The number of methoxy groups -OCH3 is 2. The molecule has 14 heavy (non-hydrogen) atoms. The second kappa shape index (κ2) is 4.28. The first-order chi connectivity index (χ1) is 6.52. The fourth-order valence-electron chi connectivity index (χ4n) is 1.49. The molecule has 0 aliphatic carbocycles. The van der Waals surface area contributed by atoms with Gasteiger partial charge in [0.15, 0.2) is 0 Å². The van der Waals surface area contributed by atoms with Crippen LogP contribution in [0.2, 0.25) is 0 Å². The second-order valence-electron chi connectivity index (χ2n) is 3.39. The molecule has 82 valence electrons. The molecule has 1 fully saturated rings. The number of rotatable bonds is 3. The van der Waals surface area contributed by atoms with Crippen molar-refractivity contribution in [2.45, 2.75) is 31.0 Å². The maximum absolute atomic E-state index is 9.82. The van der Waals surface area contributed by atoms with Crippen molar-refractivity contribution in [1.82, 2.24) is 0 Å². The standard InChI is InChI=1S/C9H15BrO4/c1-8(4-5-10)7(11)6-9(12-2,13-3)14-8/h4-5,7,11H,6H2,1-3H3/b5-4+/t7-,8-/m1/s1. The van der Waals surface area contributed by atoms with Crippen LogP contribution in [0.25, 0.3) is 0 Å². The van der Waals surface area contributed by atoms with Crippen LogP contribution in [-0.2, 0) is 14.2 Å². The number of ether oxygens (including phenoxy) is 3. The van der Waals surface area contributed by atoms with Crippen molar-refractivity contribution in [2.75, 3.05) is 14.2 Å². The molecule has 1 saturated heterocycles. The Morgan fingerprint density at radius 2 is 2.07 bits per heavy atom. The largest absolute Gasteiger partial charge is 0.389 e. The predicted molar refractivity (Wildman–Crippen MR) is 54.9 cm³/mol. The zero-order chi connectivity index (χ0) is 10.8. The van der Waals surface area contributed by atoms with E-state index in [2.05, 4.69) is 15.9 Å². The average molecular weight is 267 g/mol. The molecule has 5 heteroatoms. The van der Waals surface area contributed by atoms with Gasteiger partial charge in [0.2, 0.25) is 0 Å². The SMILES string of the molecule is COC1(OC)C[C@@H](O)[C@@](C)(/C=C/Br)O1. The van der Waals surface area contributed by atoms with Crippen LogP contribution in [0.15, 0.2) is 11.1 Å². The van der Waals surface area contributed by atoms with Gasteiger partial charge in [-0.05, 0) is 18.0 Å². The van der Waals surface area contributed by atoms with Crippen LogP contribution in [-0.4, -0.2) is 37.0 Å². The van der Waals surface area contributed by atoms with Crippen molar-refractivity contribution in [1.29, 1.82) is 0 Å². The van der Waals surface area contributed by atoms with Crippen LogP contribution in [0.1, 0.15) is 13.3 Å². The predicted octanol–water partition coefficient (Wildman–Crippen LogP) is 1.38. The van der Waals surface area contributed by atoms with E-state index in [-0.39, 0.29) is 6.42 Å². The summed E-state index contributed by atoms with van der Waals surface area (Å²) in [7, 11) is 2.97. The lowest BCUT2D eigenvalue weighted by atomic mass is 10.00. The van der Waals surface area contributed by atoms with Crippen LogP contribution in [0.4, 0.5) is 0 Å². The molecule has 1 N–H and O–H groups in total. The summed E-state index contributed by atoms with van der Waals surface area (Å²) in [6.07, 6.45) is 1.35. The molecule has 0 aromatic heterocycles. The topological polar surface area (TPSA) is 47.9 Å². The molecule has 0 radical (unpaired) electrons. The van der Waals surface area contributed by atoms with E-state index in [4.69, 9.17) is 14.2 Å². The van der Waals surface area contributed by atoms with Crippen molar-refractivity contribution >= 4 is 15.9 Å². The highest BCUT2D eigenvalue weighted by Crippen LogP contribution is 2.40. The zero-order valence-electron chi connectivity index (χ0n) is 8.49. The monoisotopic (exact) mass is 266 g/mol. The Bertz CT molecular complexity index is 227. The molecule has 1 rings (SSSR count). The smallest absolute Gasteiger partial charge is 0.285 e. The van der Waals surface area contributed by atoms with Gasteiger partial charge in [0.1, 0.15) is 5.60 Å².